The van der Waals surface area contributed by atoms with E-state index in [1.165, 1.54) is 6.07 Å². The number of halogens is 5. The van der Waals surface area contributed by atoms with Gasteiger partial charge in [-0.3, -0.25) is 9.78 Å². The molecule has 0 aromatic carbocycles. The number of ketones is 1. The molecule has 0 bridgehead atoms. The Morgan fingerprint density at radius 2 is 1.90 bits per heavy atom. The molecule has 0 N–H and O–H groups in total. The van der Waals surface area contributed by atoms with Gasteiger partial charge < -0.3 is 0 Å². The molecule has 0 saturated carbocycles. The summed E-state index contributed by atoms with van der Waals surface area (Å²) in [7, 11) is 0. The lowest BCUT2D eigenvalue weighted by molar-refractivity contribution is -0.137. The molecule has 0 aliphatic carbocycles. The highest BCUT2D eigenvalue weighted by Crippen LogP contribution is 2.33. The highest BCUT2D eigenvalue weighted by atomic mass is 35.5. The number of alkyl halides is 3. The van der Waals surface area contributed by atoms with E-state index >= 15 is 0 Å². The Bertz CT molecular complexity index is 674. The van der Waals surface area contributed by atoms with Gasteiger partial charge in [-0.1, -0.05) is 23.2 Å². The first-order valence-corrected chi connectivity index (χ1v) is 5.93. The Morgan fingerprint density at radius 3 is 2.50 bits per heavy atom. The van der Waals surface area contributed by atoms with Gasteiger partial charge in [0.05, 0.1) is 21.2 Å². The standard InChI is InChI=1S/C12H5Cl2F3N2O/c13-6-3-9(14)10(19-4-6)11(20)7-5-18-2-1-8(7)12(15,16)17/h1-5H. The van der Waals surface area contributed by atoms with E-state index < -0.39 is 23.1 Å². The number of rotatable bonds is 2. The van der Waals surface area contributed by atoms with Crippen molar-refractivity contribution in [1.82, 2.24) is 9.97 Å². The molecule has 0 fully saturated rings. The van der Waals surface area contributed by atoms with E-state index in [1.54, 1.807) is 0 Å². The zero-order valence-corrected chi connectivity index (χ0v) is 11.1. The number of hydrogen-bond acceptors (Lipinski definition) is 3. The minimum Gasteiger partial charge on any atom is -0.287 e. The Morgan fingerprint density at radius 1 is 1.20 bits per heavy atom. The largest absolute Gasteiger partial charge is 0.417 e. The predicted octanol–water partition coefficient (Wildman–Crippen LogP) is 4.03. The van der Waals surface area contributed by atoms with Crippen molar-refractivity contribution in [2.75, 3.05) is 0 Å². The van der Waals surface area contributed by atoms with Crippen LogP contribution in [0.1, 0.15) is 21.6 Å². The van der Waals surface area contributed by atoms with Crippen molar-refractivity contribution < 1.29 is 18.0 Å². The number of carbonyl (C=O) groups excluding carboxylic acids is 1. The summed E-state index contributed by atoms with van der Waals surface area (Å²) in [5.74, 6) is -0.966. The van der Waals surface area contributed by atoms with Gasteiger partial charge in [-0.05, 0) is 12.1 Å². The number of aromatic nitrogens is 2. The second-order valence-corrected chi connectivity index (χ2v) is 4.58. The highest BCUT2D eigenvalue weighted by molar-refractivity contribution is 6.37. The van der Waals surface area contributed by atoms with Gasteiger partial charge in [0.15, 0.2) is 0 Å². The van der Waals surface area contributed by atoms with Gasteiger partial charge in [-0.2, -0.15) is 13.2 Å². The molecule has 20 heavy (non-hydrogen) atoms. The Hall–Kier alpha value is -1.66. The fourth-order valence-corrected chi connectivity index (χ4v) is 2.00. The van der Waals surface area contributed by atoms with Gasteiger partial charge in [0.1, 0.15) is 5.69 Å². The summed E-state index contributed by atoms with van der Waals surface area (Å²) < 4.78 is 38.5. The van der Waals surface area contributed by atoms with E-state index in [0.717, 1.165) is 24.7 Å². The lowest BCUT2D eigenvalue weighted by atomic mass is 10.0. The summed E-state index contributed by atoms with van der Waals surface area (Å²) in [5.41, 5.74) is -2.02. The zero-order valence-electron chi connectivity index (χ0n) is 9.58. The summed E-state index contributed by atoms with van der Waals surface area (Å²) in [6.45, 7) is 0. The first-order valence-electron chi connectivity index (χ1n) is 5.17. The molecule has 0 spiro atoms. The van der Waals surface area contributed by atoms with Crippen LogP contribution in [0.3, 0.4) is 0 Å². The topological polar surface area (TPSA) is 42.9 Å². The van der Waals surface area contributed by atoms with E-state index in [2.05, 4.69) is 9.97 Å². The highest BCUT2D eigenvalue weighted by Gasteiger charge is 2.36. The molecule has 2 aromatic rings. The summed E-state index contributed by atoms with van der Waals surface area (Å²) in [6, 6.07) is 1.95. The van der Waals surface area contributed by atoms with Crippen LogP contribution in [0, 0.1) is 0 Å². The van der Waals surface area contributed by atoms with E-state index in [9.17, 15) is 18.0 Å². The molecule has 0 atom stereocenters. The monoisotopic (exact) mass is 320 g/mol. The smallest absolute Gasteiger partial charge is 0.287 e. The van der Waals surface area contributed by atoms with Gasteiger partial charge in [-0.25, -0.2) is 4.98 Å². The molecule has 0 aliphatic heterocycles. The second-order valence-electron chi connectivity index (χ2n) is 3.73. The van der Waals surface area contributed by atoms with Gasteiger partial charge in [0, 0.05) is 18.6 Å². The number of pyridine rings is 2. The number of nitrogens with zero attached hydrogens (tertiary/aromatic N) is 2. The van der Waals surface area contributed by atoms with Crippen LogP contribution < -0.4 is 0 Å². The molecule has 0 aliphatic rings. The van der Waals surface area contributed by atoms with Crippen molar-refractivity contribution in [3.05, 3.63) is 57.6 Å². The zero-order chi connectivity index (χ0) is 14.9. The van der Waals surface area contributed by atoms with Crippen LogP contribution >= 0.6 is 23.2 Å². The minimum atomic E-state index is -4.67. The fourth-order valence-electron chi connectivity index (χ4n) is 1.53. The molecule has 3 nitrogen and oxygen atoms in total. The first-order chi connectivity index (χ1) is 9.30. The third-order valence-corrected chi connectivity index (χ3v) is 2.89. The maximum absolute atomic E-state index is 12.8. The van der Waals surface area contributed by atoms with Gasteiger partial charge in [-0.15, -0.1) is 0 Å². The van der Waals surface area contributed by atoms with Crippen LogP contribution in [-0.4, -0.2) is 15.8 Å². The van der Waals surface area contributed by atoms with Crippen LogP contribution in [-0.2, 0) is 6.18 Å². The molecule has 0 amide bonds. The van der Waals surface area contributed by atoms with E-state index in [1.807, 2.05) is 0 Å². The maximum Gasteiger partial charge on any atom is 0.417 e. The lowest BCUT2D eigenvalue weighted by Crippen LogP contribution is -2.15. The quantitative estimate of drug-likeness (QED) is 0.784. The van der Waals surface area contributed by atoms with Gasteiger partial charge >= 0.3 is 6.18 Å². The molecule has 0 saturated heterocycles. The third-order valence-electron chi connectivity index (χ3n) is 2.39. The van der Waals surface area contributed by atoms with Crippen LogP contribution in [0.2, 0.25) is 10.0 Å². The lowest BCUT2D eigenvalue weighted by Gasteiger charge is -2.11. The molecule has 2 aromatic heterocycles. The average molecular weight is 321 g/mol. The number of carbonyl (C=O) groups is 1. The summed E-state index contributed by atoms with van der Waals surface area (Å²) in [5, 5.41) is 0.0493. The molecular formula is C12H5Cl2F3N2O. The van der Waals surface area contributed by atoms with Crippen molar-refractivity contribution in [2.24, 2.45) is 0 Å². The summed E-state index contributed by atoms with van der Waals surface area (Å²) in [6.07, 6.45) is -1.76. The van der Waals surface area contributed by atoms with Crippen molar-refractivity contribution in [3.63, 3.8) is 0 Å². The fraction of sp³-hybridized carbons (Fsp3) is 0.0833. The molecular weight excluding hydrogens is 316 g/mol. The Balaban J connectivity index is 2.55. The minimum absolute atomic E-state index is 0.125. The van der Waals surface area contributed by atoms with Crippen molar-refractivity contribution >= 4 is 29.0 Å². The molecule has 104 valence electrons. The first kappa shape index (κ1) is 14.7. The van der Waals surface area contributed by atoms with Crippen molar-refractivity contribution in [1.29, 1.82) is 0 Å². The van der Waals surface area contributed by atoms with Gasteiger partial charge in [0.25, 0.3) is 0 Å². The average Bonchev–Trinajstić information content (AvgIpc) is 2.37. The summed E-state index contributed by atoms with van der Waals surface area (Å²) in [4.78, 5) is 19.3. The predicted molar refractivity (Wildman–Crippen MR) is 66.9 cm³/mol. The molecule has 2 heterocycles. The second kappa shape index (κ2) is 5.38. The van der Waals surface area contributed by atoms with Crippen LogP contribution in [0.4, 0.5) is 13.2 Å². The van der Waals surface area contributed by atoms with Crippen molar-refractivity contribution in [2.45, 2.75) is 6.18 Å². The molecule has 0 radical (unpaired) electrons. The molecule has 8 heteroatoms. The van der Waals surface area contributed by atoms with E-state index in [4.69, 9.17) is 23.2 Å². The normalized spacial score (nSPS) is 11.4. The van der Waals surface area contributed by atoms with Crippen LogP contribution in [0.5, 0.6) is 0 Å². The van der Waals surface area contributed by atoms with Crippen molar-refractivity contribution in [3.8, 4) is 0 Å². The SMILES string of the molecule is O=C(c1cnccc1C(F)(F)F)c1ncc(Cl)cc1Cl. The van der Waals surface area contributed by atoms with Gasteiger partial charge in [0.2, 0.25) is 5.78 Å². The third kappa shape index (κ3) is 2.91. The Labute approximate surface area is 121 Å². The Kier molecular flexibility index (Phi) is 3.96. The van der Waals surface area contributed by atoms with E-state index in [0.29, 0.717) is 0 Å². The summed E-state index contributed by atoms with van der Waals surface area (Å²) >= 11 is 11.4. The molecule has 0 unspecified atom stereocenters. The van der Waals surface area contributed by atoms with E-state index in [-0.39, 0.29) is 15.7 Å². The maximum atomic E-state index is 12.8. The van der Waals surface area contributed by atoms with Crippen LogP contribution in [0.15, 0.2) is 30.7 Å². The molecule has 2 rings (SSSR count). The van der Waals surface area contributed by atoms with Crippen LogP contribution in [0.25, 0.3) is 0 Å². The number of hydrogen-bond donors (Lipinski definition) is 0.